The minimum atomic E-state index is -0.494. The van der Waals surface area contributed by atoms with E-state index < -0.39 is 5.54 Å². The summed E-state index contributed by atoms with van der Waals surface area (Å²) in [5.74, 6) is 0.703. The van der Waals surface area contributed by atoms with E-state index in [0.717, 1.165) is 21.6 Å². The zero-order valence-corrected chi connectivity index (χ0v) is 14.3. The Labute approximate surface area is 141 Å². The number of amides is 1. The number of carbonyl (C=O) groups excluding carboxylic acids is 1. The number of aromatic nitrogens is 1. The van der Waals surface area contributed by atoms with Gasteiger partial charge in [0.25, 0.3) is 0 Å². The van der Waals surface area contributed by atoms with Gasteiger partial charge in [-0.3, -0.25) is 9.78 Å². The average molecular weight is 382 g/mol. The highest BCUT2D eigenvalue weighted by molar-refractivity contribution is 9.11. The molecule has 2 aromatic rings. The van der Waals surface area contributed by atoms with E-state index in [-0.39, 0.29) is 0 Å². The molecule has 1 atom stereocenters. The van der Waals surface area contributed by atoms with Crippen molar-refractivity contribution in [2.75, 3.05) is 26.2 Å². The van der Waals surface area contributed by atoms with Crippen LogP contribution >= 0.6 is 27.3 Å². The molecule has 1 aliphatic rings. The Kier molecular flexibility index (Phi) is 4.75. The largest absolute Gasteiger partial charge is 0.489 e. The number of thiophene rings is 1. The lowest BCUT2D eigenvalue weighted by Gasteiger charge is -2.44. The molecule has 3 rings (SSSR count). The number of ether oxygens (including phenoxy) is 1. The number of nitrogens with one attached hydrogen (secondary N) is 1. The smallest absolute Gasteiger partial charge is 0.210 e. The first-order valence-corrected chi connectivity index (χ1v) is 8.57. The zero-order chi connectivity index (χ0) is 15.4. The molecule has 0 bridgehead atoms. The molecule has 0 radical (unpaired) electrons. The molecule has 0 aliphatic carbocycles. The van der Waals surface area contributed by atoms with Crippen LogP contribution in [0.2, 0.25) is 0 Å². The maximum absolute atomic E-state index is 11.6. The van der Waals surface area contributed by atoms with E-state index in [4.69, 9.17) is 4.74 Å². The van der Waals surface area contributed by atoms with Crippen molar-refractivity contribution >= 4 is 33.7 Å². The summed E-state index contributed by atoms with van der Waals surface area (Å²) in [4.78, 5) is 18.6. The fourth-order valence-corrected chi connectivity index (χ4v) is 4.17. The van der Waals surface area contributed by atoms with Gasteiger partial charge in [-0.1, -0.05) is 0 Å². The summed E-state index contributed by atoms with van der Waals surface area (Å²) >= 11 is 5.13. The molecular weight excluding hydrogens is 366 g/mol. The van der Waals surface area contributed by atoms with Gasteiger partial charge < -0.3 is 15.0 Å². The number of hydrogen-bond acceptors (Lipinski definition) is 5. The molecule has 1 amide bonds. The van der Waals surface area contributed by atoms with Crippen molar-refractivity contribution < 1.29 is 9.53 Å². The third kappa shape index (κ3) is 3.02. The molecule has 7 heteroatoms. The topological polar surface area (TPSA) is 54.5 Å². The Hall–Kier alpha value is -1.44. The molecule has 5 nitrogen and oxygen atoms in total. The van der Waals surface area contributed by atoms with Gasteiger partial charge in [0, 0.05) is 30.7 Å². The molecule has 0 saturated carbocycles. The van der Waals surface area contributed by atoms with Crippen LogP contribution in [-0.4, -0.2) is 42.5 Å². The van der Waals surface area contributed by atoms with E-state index in [0.29, 0.717) is 25.4 Å². The Bertz CT molecular complexity index is 637. The van der Waals surface area contributed by atoms with Crippen LogP contribution < -0.4 is 10.1 Å². The van der Waals surface area contributed by atoms with Crippen molar-refractivity contribution in [1.29, 1.82) is 0 Å². The fourth-order valence-electron chi connectivity index (χ4n) is 2.60. The van der Waals surface area contributed by atoms with Crippen LogP contribution in [0.1, 0.15) is 4.88 Å². The van der Waals surface area contributed by atoms with Gasteiger partial charge >= 0.3 is 0 Å². The van der Waals surface area contributed by atoms with Gasteiger partial charge in [0.1, 0.15) is 17.9 Å². The van der Waals surface area contributed by atoms with E-state index in [2.05, 4.69) is 26.2 Å². The highest BCUT2D eigenvalue weighted by Crippen LogP contribution is 2.36. The van der Waals surface area contributed by atoms with Crippen LogP contribution in [0.15, 0.2) is 40.4 Å². The molecule has 3 heterocycles. The lowest BCUT2D eigenvalue weighted by molar-refractivity contribution is -0.127. The number of carbonyl (C=O) groups is 1. The molecule has 1 fully saturated rings. The molecule has 0 spiro atoms. The van der Waals surface area contributed by atoms with Gasteiger partial charge in [-0.05, 0) is 40.2 Å². The molecule has 22 heavy (non-hydrogen) atoms. The number of piperazine rings is 1. The van der Waals surface area contributed by atoms with Crippen molar-refractivity contribution in [2.24, 2.45) is 0 Å². The molecule has 116 valence electrons. The summed E-state index contributed by atoms with van der Waals surface area (Å²) in [7, 11) is 0. The van der Waals surface area contributed by atoms with Crippen molar-refractivity contribution in [2.45, 2.75) is 5.54 Å². The molecular formula is C15H16BrN3O2S. The summed E-state index contributed by atoms with van der Waals surface area (Å²) in [6, 6.07) is 7.75. The van der Waals surface area contributed by atoms with Crippen molar-refractivity contribution in [3.8, 4) is 5.75 Å². The van der Waals surface area contributed by atoms with Crippen LogP contribution in [0.5, 0.6) is 5.75 Å². The molecule has 1 unspecified atom stereocenters. The zero-order valence-electron chi connectivity index (χ0n) is 11.9. The van der Waals surface area contributed by atoms with E-state index in [1.165, 1.54) is 0 Å². The van der Waals surface area contributed by atoms with Gasteiger partial charge in [0.15, 0.2) is 0 Å². The van der Waals surface area contributed by atoms with Gasteiger partial charge in [-0.25, -0.2) is 0 Å². The lowest BCUT2D eigenvalue weighted by atomic mass is 9.94. The van der Waals surface area contributed by atoms with Crippen molar-refractivity contribution in [1.82, 2.24) is 15.2 Å². The minimum Gasteiger partial charge on any atom is -0.489 e. The molecule has 1 saturated heterocycles. The third-order valence-corrected chi connectivity index (χ3v) is 5.58. The van der Waals surface area contributed by atoms with E-state index in [1.807, 2.05) is 29.2 Å². The van der Waals surface area contributed by atoms with Gasteiger partial charge in [0.05, 0.1) is 9.98 Å². The minimum absolute atomic E-state index is 0.386. The molecule has 1 N–H and O–H groups in total. The van der Waals surface area contributed by atoms with E-state index in [1.54, 1.807) is 23.7 Å². The number of hydrogen-bond donors (Lipinski definition) is 1. The first kappa shape index (κ1) is 15.5. The first-order chi connectivity index (χ1) is 10.7. The lowest BCUT2D eigenvalue weighted by Crippen LogP contribution is -2.61. The summed E-state index contributed by atoms with van der Waals surface area (Å²) in [6.07, 6.45) is 4.31. The van der Waals surface area contributed by atoms with Crippen LogP contribution in [0.3, 0.4) is 0 Å². The first-order valence-electron chi connectivity index (χ1n) is 6.96. The number of nitrogens with zero attached hydrogens (tertiary/aromatic N) is 2. The van der Waals surface area contributed by atoms with Crippen LogP contribution in [-0.2, 0) is 10.3 Å². The van der Waals surface area contributed by atoms with Gasteiger partial charge in [0.2, 0.25) is 6.41 Å². The predicted octanol–water partition coefficient (Wildman–Crippen LogP) is 2.24. The fraction of sp³-hybridized carbons (Fsp3) is 0.333. The van der Waals surface area contributed by atoms with Crippen LogP contribution in [0.4, 0.5) is 0 Å². The Morgan fingerprint density at radius 2 is 2.41 bits per heavy atom. The summed E-state index contributed by atoms with van der Waals surface area (Å²) in [5, 5.41) is 3.38. The molecule has 1 aliphatic heterocycles. The van der Waals surface area contributed by atoms with E-state index in [9.17, 15) is 4.79 Å². The Morgan fingerprint density at radius 3 is 3.09 bits per heavy atom. The average Bonchev–Trinajstić information content (AvgIpc) is 3.01. The summed E-state index contributed by atoms with van der Waals surface area (Å²) < 4.78 is 6.97. The van der Waals surface area contributed by atoms with Crippen molar-refractivity contribution in [3.63, 3.8) is 0 Å². The normalized spacial score (nSPS) is 21.6. The second-order valence-electron chi connectivity index (χ2n) is 5.09. The monoisotopic (exact) mass is 381 g/mol. The number of rotatable bonds is 5. The quantitative estimate of drug-likeness (QED) is 0.806. The number of pyridine rings is 1. The van der Waals surface area contributed by atoms with Crippen LogP contribution in [0, 0.1) is 0 Å². The standard InChI is InChI=1S/C15H16BrN3O2S/c16-14-4-3-13(22-14)15(9-18-6-7-19(15)11-20)10-21-12-2-1-5-17-8-12/h1-5,8,11,18H,6-7,9-10H2. The second kappa shape index (κ2) is 6.76. The highest BCUT2D eigenvalue weighted by atomic mass is 79.9. The van der Waals surface area contributed by atoms with Gasteiger partial charge in [-0.15, -0.1) is 11.3 Å². The Balaban J connectivity index is 1.90. The predicted molar refractivity (Wildman–Crippen MR) is 89.1 cm³/mol. The van der Waals surface area contributed by atoms with Crippen LogP contribution in [0.25, 0.3) is 0 Å². The summed E-state index contributed by atoms with van der Waals surface area (Å²) in [5.41, 5.74) is -0.494. The van der Waals surface area contributed by atoms with Gasteiger partial charge in [-0.2, -0.15) is 0 Å². The summed E-state index contributed by atoms with van der Waals surface area (Å²) in [6.45, 7) is 2.51. The number of halogens is 1. The van der Waals surface area contributed by atoms with E-state index >= 15 is 0 Å². The molecule has 0 aromatic carbocycles. The third-order valence-electron chi connectivity index (χ3n) is 3.77. The maximum Gasteiger partial charge on any atom is 0.210 e. The van der Waals surface area contributed by atoms with Crippen molar-refractivity contribution in [3.05, 3.63) is 45.3 Å². The highest BCUT2D eigenvalue weighted by Gasteiger charge is 2.42. The Morgan fingerprint density at radius 1 is 1.50 bits per heavy atom. The molecule has 2 aromatic heterocycles. The second-order valence-corrected chi connectivity index (χ2v) is 7.55. The maximum atomic E-state index is 11.6. The SMILES string of the molecule is O=CN1CCNCC1(COc1cccnc1)c1ccc(Br)s1.